The smallest absolute Gasteiger partial charge is 0.327 e. The maximum atomic E-state index is 12.2. The molecule has 0 heterocycles. The normalized spacial score (nSPS) is 13.5. The molecular weight excluding hydrogens is 248 g/mol. The molecule has 0 radical (unpaired) electrons. The molecule has 0 aromatic carbocycles. The third-order valence-corrected chi connectivity index (χ3v) is 3.18. The Bertz CT molecular complexity index is 372. The van der Waals surface area contributed by atoms with E-state index >= 15 is 0 Å². The van der Waals surface area contributed by atoms with E-state index in [1.165, 1.54) is 0 Å². The SMILES string of the molecule is CCOC(=O)C(CC)(C(=O)CC)C(=O)CC(=O)CC. The van der Waals surface area contributed by atoms with E-state index in [1.54, 1.807) is 27.7 Å². The van der Waals surface area contributed by atoms with Gasteiger partial charge in [0.1, 0.15) is 5.78 Å². The number of rotatable bonds is 9. The third kappa shape index (κ3) is 3.72. The molecule has 5 nitrogen and oxygen atoms in total. The van der Waals surface area contributed by atoms with Crippen LogP contribution in [-0.4, -0.2) is 29.9 Å². The van der Waals surface area contributed by atoms with Crippen molar-refractivity contribution in [2.24, 2.45) is 5.41 Å². The second-order valence-electron chi connectivity index (χ2n) is 4.25. The van der Waals surface area contributed by atoms with E-state index in [4.69, 9.17) is 4.74 Å². The molecule has 0 saturated heterocycles. The minimum absolute atomic E-state index is 0.0222. The molecule has 108 valence electrons. The first-order chi connectivity index (χ1) is 8.90. The van der Waals surface area contributed by atoms with E-state index in [0.717, 1.165) is 0 Å². The molecule has 0 rings (SSSR count). The predicted octanol–water partition coefficient (Wildman–Crippen LogP) is 1.86. The average molecular weight is 270 g/mol. The molecule has 0 aromatic heterocycles. The van der Waals surface area contributed by atoms with Crippen molar-refractivity contribution in [2.45, 2.75) is 53.4 Å². The van der Waals surface area contributed by atoms with Gasteiger partial charge in [-0.1, -0.05) is 20.8 Å². The standard InChI is InChI=1S/C14H22O5/c1-5-10(15)9-12(17)14(7-3,11(16)6-2)13(18)19-8-4/h5-9H2,1-4H3. The molecule has 0 aliphatic carbocycles. The van der Waals surface area contributed by atoms with E-state index in [0.29, 0.717) is 0 Å². The summed E-state index contributed by atoms with van der Waals surface area (Å²) in [5.74, 6) is -2.25. The number of esters is 1. The first-order valence-electron chi connectivity index (χ1n) is 6.66. The fourth-order valence-electron chi connectivity index (χ4n) is 1.93. The summed E-state index contributed by atoms with van der Waals surface area (Å²) in [7, 11) is 0. The van der Waals surface area contributed by atoms with Crippen molar-refractivity contribution >= 4 is 23.3 Å². The van der Waals surface area contributed by atoms with Crippen molar-refractivity contribution in [2.75, 3.05) is 6.61 Å². The summed E-state index contributed by atoms with van der Waals surface area (Å²) in [5.41, 5.74) is -1.81. The highest BCUT2D eigenvalue weighted by Gasteiger charge is 2.51. The maximum absolute atomic E-state index is 12.2. The second-order valence-corrected chi connectivity index (χ2v) is 4.25. The summed E-state index contributed by atoms with van der Waals surface area (Å²) in [6.45, 7) is 6.50. The quantitative estimate of drug-likeness (QED) is 0.472. The summed E-state index contributed by atoms with van der Waals surface area (Å²) < 4.78 is 4.87. The average Bonchev–Trinajstić information content (AvgIpc) is 2.39. The third-order valence-electron chi connectivity index (χ3n) is 3.18. The largest absolute Gasteiger partial charge is 0.465 e. The zero-order chi connectivity index (χ0) is 15.1. The van der Waals surface area contributed by atoms with E-state index < -0.39 is 29.4 Å². The topological polar surface area (TPSA) is 77.5 Å². The van der Waals surface area contributed by atoms with Crippen molar-refractivity contribution in [3.05, 3.63) is 0 Å². The molecule has 1 atom stereocenters. The summed E-state index contributed by atoms with van der Waals surface area (Å²) >= 11 is 0. The Morgan fingerprint density at radius 1 is 0.895 bits per heavy atom. The Labute approximate surface area is 113 Å². The maximum Gasteiger partial charge on any atom is 0.327 e. The number of hydrogen-bond acceptors (Lipinski definition) is 5. The van der Waals surface area contributed by atoms with Gasteiger partial charge in [-0.05, 0) is 13.3 Å². The van der Waals surface area contributed by atoms with Crippen molar-refractivity contribution in [1.82, 2.24) is 0 Å². The summed E-state index contributed by atoms with van der Waals surface area (Å²) in [6.07, 6.45) is -0.114. The van der Waals surface area contributed by atoms with Gasteiger partial charge in [0, 0.05) is 12.8 Å². The van der Waals surface area contributed by atoms with Crippen LogP contribution in [0.4, 0.5) is 0 Å². The minimum atomic E-state index is -1.81. The zero-order valence-electron chi connectivity index (χ0n) is 12.1. The predicted molar refractivity (Wildman–Crippen MR) is 69.6 cm³/mol. The highest BCUT2D eigenvalue weighted by molar-refractivity contribution is 6.25. The molecule has 0 aliphatic heterocycles. The van der Waals surface area contributed by atoms with Crippen LogP contribution >= 0.6 is 0 Å². The van der Waals surface area contributed by atoms with Crippen LogP contribution in [0, 0.1) is 5.41 Å². The van der Waals surface area contributed by atoms with Gasteiger partial charge in [0.2, 0.25) is 0 Å². The Hall–Kier alpha value is -1.52. The lowest BCUT2D eigenvalue weighted by molar-refractivity contribution is -0.164. The van der Waals surface area contributed by atoms with Gasteiger partial charge in [-0.2, -0.15) is 0 Å². The first kappa shape index (κ1) is 17.5. The fourth-order valence-corrected chi connectivity index (χ4v) is 1.93. The van der Waals surface area contributed by atoms with Crippen LogP contribution in [0.25, 0.3) is 0 Å². The molecule has 0 aliphatic rings. The molecule has 0 bridgehead atoms. The summed E-state index contributed by atoms with van der Waals surface area (Å²) in [4.78, 5) is 47.7. The lowest BCUT2D eigenvalue weighted by Crippen LogP contribution is -2.47. The number of Topliss-reactive ketones (excluding diaryl/α,β-unsaturated/α-hetero) is 3. The zero-order valence-corrected chi connectivity index (χ0v) is 12.1. The van der Waals surface area contributed by atoms with E-state index in [2.05, 4.69) is 0 Å². The fraction of sp³-hybridized carbons (Fsp3) is 0.714. The van der Waals surface area contributed by atoms with Crippen LogP contribution in [0.3, 0.4) is 0 Å². The highest BCUT2D eigenvalue weighted by atomic mass is 16.5. The van der Waals surface area contributed by atoms with Crippen molar-refractivity contribution in [3.8, 4) is 0 Å². The van der Waals surface area contributed by atoms with Crippen LogP contribution in [-0.2, 0) is 23.9 Å². The van der Waals surface area contributed by atoms with Gasteiger partial charge < -0.3 is 4.74 Å². The van der Waals surface area contributed by atoms with Gasteiger partial charge in [-0.15, -0.1) is 0 Å². The van der Waals surface area contributed by atoms with E-state index in [-0.39, 0.29) is 31.7 Å². The molecule has 0 N–H and O–H groups in total. The van der Waals surface area contributed by atoms with Gasteiger partial charge in [0.05, 0.1) is 13.0 Å². The van der Waals surface area contributed by atoms with Crippen molar-refractivity contribution < 1.29 is 23.9 Å². The van der Waals surface area contributed by atoms with Crippen LogP contribution in [0.5, 0.6) is 0 Å². The summed E-state index contributed by atoms with van der Waals surface area (Å²) in [5, 5.41) is 0. The number of carbonyl (C=O) groups is 4. The van der Waals surface area contributed by atoms with Gasteiger partial charge >= 0.3 is 5.97 Å². The van der Waals surface area contributed by atoms with Crippen LogP contribution in [0.2, 0.25) is 0 Å². The first-order valence-corrected chi connectivity index (χ1v) is 6.66. The lowest BCUT2D eigenvalue weighted by atomic mass is 9.74. The molecular formula is C14H22O5. The number of hydrogen-bond donors (Lipinski definition) is 0. The molecule has 0 aromatic rings. The molecule has 1 unspecified atom stereocenters. The molecule has 5 heteroatoms. The number of ether oxygens (including phenoxy) is 1. The number of carbonyl (C=O) groups excluding carboxylic acids is 4. The molecule has 0 saturated carbocycles. The molecule has 0 fully saturated rings. The highest BCUT2D eigenvalue weighted by Crippen LogP contribution is 2.30. The van der Waals surface area contributed by atoms with Crippen LogP contribution < -0.4 is 0 Å². The number of ketones is 3. The van der Waals surface area contributed by atoms with E-state index in [9.17, 15) is 19.2 Å². The molecule has 19 heavy (non-hydrogen) atoms. The van der Waals surface area contributed by atoms with Crippen molar-refractivity contribution in [1.29, 1.82) is 0 Å². The van der Waals surface area contributed by atoms with Gasteiger partial charge in [0.25, 0.3) is 0 Å². The monoisotopic (exact) mass is 270 g/mol. The van der Waals surface area contributed by atoms with Crippen LogP contribution in [0.1, 0.15) is 53.4 Å². The Morgan fingerprint density at radius 3 is 1.84 bits per heavy atom. The Kier molecular flexibility index (Phi) is 7.19. The second kappa shape index (κ2) is 7.81. The van der Waals surface area contributed by atoms with Gasteiger partial charge in [-0.25, -0.2) is 0 Å². The molecule has 0 amide bonds. The summed E-state index contributed by atoms with van der Waals surface area (Å²) in [6, 6.07) is 0. The minimum Gasteiger partial charge on any atom is -0.465 e. The Morgan fingerprint density at radius 2 is 1.47 bits per heavy atom. The van der Waals surface area contributed by atoms with Crippen LogP contribution in [0.15, 0.2) is 0 Å². The van der Waals surface area contributed by atoms with Crippen molar-refractivity contribution in [3.63, 3.8) is 0 Å². The lowest BCUT2D eigenvalue weighted by Gasteiger charge is -2.26. The van der Waals surface area contributed by atoms with Gasteiger partial charge in [-0.3, -0.25) is 19.2 Å². The Balaban J connectivity index is 5.47. The van der Waals surface area contributed by atoms with E-state index in [1.807, 2.05) is 0 Å². The van der Waals surface area contributed by atoms with Gasteiger partial charge in [0.15, 0.2) is 17.0 Å². The molecule has 0 spiro atoms.